The van der Waals surface area contributed by atoms with Gasteiger partial charge in [0.25, 0.3) is 0 Å². The number of hydrazine groups is 1. The molecule has 3 N–H and O–H groups in total. The van der Waals surface area contributed by atoms with Crippen molar-refractivity contribution in [2.24, 2.45) is 5.84 Å². The van der Waals surface area contributed by atoms with Gasteiger partial charge in [-0.2, -0.15) is 0 Å². The minimum absolute atomic E-state index is 0.654. The lowest BCUT2D eigenvalue weighted by Crippen LogP contribution is -2.13. The Morgan fingerprint density at radius 2 is 1.85 bits per heavy atom. The number of aromatic nitrogens is 2. The SMILES string of the molecule is CCOc1ccc(-c2nc(C)c(CC)c(NN)n2)cc1. The Hall–Kier alpha value is -2.14. The number of nitrogens with one attached hydrogen (secondary N) is 1. The lowest BCUT2D eigenvalue weighted by Gasteiger charge is -2.11. The van der Waals surface area contributed by atoms with E-state index in [4.69, 9.17) is 10.6 Å². The number of hydrogen-bond acceptors (Lipinski definition) is 5. The van der Waals surface area contributed by atoms with Crippen molar-refractivity contribution >= 4 is 5.82 Å². The third-order valence-corrected chi connectivity index (χ3v) is 3.13. The molecule has 0 saturated carbocycles. The van der Waals surface area contributed by atoms with E-state index in [0.717, 1.165) is 29.0 Å². The van der Waals surface area contributed by atoms with E-state index in [9.17, 15) is 0 Å². The van der Waals surface area contributed by atoms with Crippen LogP contribution in [-0.4, -0.2) is 16.6 Å². The van der Waals surface area contributed by atoms with Crippen molar-refractivity contribution in [2.75, 3.05) is 12.0 Å². The van der Waals surface area contributed by atoms with Crippen LogP contribution in [-0.2, 0) is 6.42 Å². The summed E-state index contributed by atoms with van der Waals surface area (Å²) in [5.41, 5.74) is 5.58. The zero-order chi connectivity index (χ0) is 14.5. The summed E-state index contributed by atoms with van der Waals surface area (Å²) >= 11 is 0. The first-order valence-electron chi connectivity index (χ1n) is 6.77. The normalized spacial score (nSPS) is 10.4. The Bertz CT molecular complexity index is 581. The van der Waals surface area contributed by atoms with Crippen LogP contribution in [0.15, 0.2) is 24.3 Å². The number of rotatable bonds is 5. The van der Waals surface area contributed by atoms with E-state index < -0.39 is 0 Å². The quantitative estimate of drug-likeness (QED) is 0.646. The van der Waals surface area contributed by atoms with Crippen LogP contribution in [0.1, 0.15) is 25.1 Å². The van der Waals surface area contributed by atoms with Crippen LogP contribution in [0.5, 0.6) is 5.75 Å². The first-order valence-corrected chi connectivity index (χ1v) is 6.77. The van der Waals surface area contributed by atoms with Crippen LogP contribution in [0.3, 0.4) is 0 Å². The maximum atomic E-state index is 5.55. The molecule has 5 nitrogen and oxygen atoms in total. The second kappa shape index (κ2) is 6.34. The van der Waals surface area contributed by atoms with Gasteiger partial charge in [0.15, 0.2) is 5.82 Å². The zero-order valence-corrected chi connectivity index (χ0v) is 12.1. The molecule has 1 heterocycles. The molecule has 0 unspecified atom stereocenters. The molecule has 2 rings (SSSR count). The molecule has 1 aromatic heterocycles. The predicted octanol–water partition coefficient (Wildman–Crippen LogP) is 2.70. The molecule has 0 spiro atoms. The number of aryl methyl sites for hydroxylation is 1. The molecule has 0 aliphatic carbocycles. The number of ether oxygens (including phenoxy) is 1. The number of anilines is 1. The maximum Gasteiger partial charge on any atom is 0.161 e. The van der Waals surface area contributed by atoms with Crippen molar-refractivity contribution in [3.05, 3.63) is 35.5 Å². The van der Waals surface area contributed by atoms with Crippen LogP contribution >= 0.6 is 0 Å². The molecule has 20 heavy (non-hydrogen) atoms. The van der Waals surface area contributed by atoms with Crippen LogP contribution in [0.25, 0.3) is 11.4 Å². The summed E-state index contributed by atoms with van der Waals surface area (Å²) in [5, 5.41) is 0. The first-order chi connectivity index (χ1) is 9.69. The second-order valence-electron chi connectivity index (χ2n) is 4.42. The highest BCUT2D eigenvalue weighted by Gasteiger charge is 2.10. The molecule has 0 radical (unpaired) electrons. The molecule has 0 aliphatic heterocycles. The standard InChI is InChI=1S/C15H20N4O/c1-4-13-10(3)17-14(18-15(13)19-16)11-6-8-12(9-7-11)20-5-2/h6-9H,4-5,16H2,1-3H3,(H,17,18,19). The summed E-state index contributed by atoms with van der Waals surface area (Å²) in [6, 6.07) is 7.74. The second-order valence-corrected chi connectivity index (χ2v) is 4.42. The van der Waals surface area contributed by atoms with Crippen LogP contribution in [0.2, 0.25) is 0 Å². The minimum Gasteiger partial charge on any atom is -0.494 e. The molecule has 106 valence electrons. The van der Waals surface area contributed by atoms with Crippen molar-refractivity contribution in [1.29, 1.82) is 0 Å². The summed E-state index contributed by atoms with van der Waals surface area (Å²) in [5.74, 6) is 7.74. The number of nitrogens with two attached hydrogens (primary N) is 1. The van der Waals surface area contributed by atoms with Crippen molar-refractivity contribution in [2.45, 2.75) is 27.2 Å². The lowest BCUT2D eigenvalue weighted by molar-refractivity contribution is 0.340. The summed E-state index contributed by atoms with van der Waals surface area (Å²) in [6.45, 7) is 6.65. The topological polar surface area (TPSA) is 73.1 Å². The van der Waals surface area contributed by atoms with Crippen molar-refractivity contribution in [3.63, 3.8) is 0 Å². The van der Waals surface area contributed by atoms with Gasteiger partial charge < -0.3 is 10.2 Å². The van der Waals surface area contributed by atoms with Gasteiger partial charge in [-0.3, -0.25) is 0 Å². The van der Waals surface area contributed by atoms with E-state index in [1.165, 1.54) is 0 Å². The van der Waals surface area contributed by atoms with Gasteiger partial charge in [-0.1, -0.05) is 6.92 Å². The van der Waals surface area contributed by atoms with E-state index in [1.54, 1.807) is 0 Å². The van der Waals surface area contributed by atoms with Gasteiger partial charge in [0.2, 0.25) is 0 Å². The largest absolute Gasteiger partial charge is 0.494 e. The fraction of sp³-hybridized carbons (Fsp3) is 0.333. The molecule has 0 saturated heterocycles. The van der Waals surface area contributed by atoms with Gasteiger partial charge in [0.1, 0.15) is 11.6 Å². The van der Waals surface area contributed by atoms with Crippen molar-refractivity contribution in [1.82, 2.24) is 9.97 Å². The number of benzene rings is 1. The summed E-state index contributed by atoms with van der Waals surface area (Å²) < 4.78 is 5.43. The molecule has 5 heteroatoms. The summed E-state index contributed by atoms with van der Waals surface area (Å²) in [4.78, 5) is 9.03. The molecule has 0 aliphatic rings. The molecule has 2 aromatic rings. The summed E-state index contributed by atoms with van der Waals surface area (Å²) in [6.07, 6.45) is 0.842. The van der Waals surface area contributed by atoms with Crippen LogP contribution < -0.4 is 16.0 Å². The minimum atomic E-state index is 0.654. The van der Waals surface area contributed by atoms with E-state index in [2.05, 4.69) is 22.3 Å². The Labute approximate surface area is 119 Å². The van der Waals surface area contributed by atoms with Gasteiger partial charge in [-0.15, -0.1) is 0 Å². The van der Waals surface area contributed by atoms with Crippen LogP contribution in [0, 0.1) is 6.92 Å². The first kappa shape index (κ1) is 14.3. The highest BCUT2D eigenvalue weighted by atomic mass is 16.5. The Morgan fingerprint density at radius 3 is 2.40 bits per heavy atom. The van der Waals surface area contributed by atoms with E-state index in [-0.39, 0.29) is 0 Å². The maximum absolute atomic E-state index is 5.55. The Morgan fingerprint density at radius 1 is 1.15 bits per heavy atom. The van der Waals surface area contributed by atoms with Crippen molar-refractivity contribution < 1.29 is 4.74 Å². The molecule has 1 aromatic carbocycles. The van der Waals surface area contributed by atoms with Gasteiger partial charge in [0, 0.05) is 16.8 Å². The lowest BCUT2D eigenvalue weighted by atomic mass is 10.1. The number of nitrogen functional groups attached to an aromatic ring is 1. The molecule has 0 bridgehead atoms. The Kier molecular flexibility index (Phi) is 4.53. The molecule has 0 atom stereocenters. The van der Waals surface area contributed by atoms with Crippen molar-refractivity contribution in [3.8, 4) is 17.1 Å². The van der Waals surface area contributed by atoms with E-state index in [1.807, 2.05) is 38.1 Å². The smallest absolute Gasteiger partial charge is 0.161 e. The third kappa shape index (κ3) is 2.88. The molecular formula is C15H20N4O. The summed E-state index contributed by atoms with van der Waals surface area (Å²) in [7, 11) is 0. The highest BCUT2D eigenvalue weighted by molar-refractivity contribution is 5.60. The van der Waals surface area contributed by atoms with Gasteiger partial charge in [0.05, 0.1) is 6.61 Å². The van der Waals surface area contributed by atoms with Gasteiger partial charge >= 0.3 is 0 Å². The highest BCUT2D eigenvalue weighted by Crippen LogP contribution is 2.24. The van der Waals surface area contributed by atoms with Crippen LogP contribution in [0.4, 0.5) is 5.82 Å². The average molecular weight is 272 g/mol. The third-order valence-electron chi connectivity index (χ3n) is 3.13. The predicted molar refractivity (Wildman–Crippen MR) is 80.6 cm³/mol. The zero-order valence-electron chi connectivity index (χ0n) is 12.1. The average Bonchev–Trinajstić information content (AvgIpc) is 2.47. The monoisotopic (exact) mass is 272 g/mol. The van der Waals surface area contributed by atoms with Gasteiger partial charge in [-0.05, 0) is 44.5 Å². The molecule has 0 amide bonds. The fourth-order valence-electron chi connectivity index (χ4n) is 2.13. The molecular weight excluding hydrogens is 252 g/mol. The number of hydrogen-bond donors (Lipinski definition) is 2. The van der Waals surface area contributed by atoms with Gasteiger partial charge in [-0.25, -0.2) is 15.8 Å². The Balaban J connectivity index is 2.39. The fourth-order valence-corrected chi connectivity index (χ4v) is 2.13. The number of nitrogens with zero attached hydrogens (tertiary/aromatic N) is 2. The molecule has 0 fully saturated rings. The van der Waals surface area contributed by atoms with E-state index >= 15 is 0 Å². The van der Waals surface area contributed by atoms with E-state index in [0.29, 0.717) is 18.2 Å².